The minimum atomic E-state index is 0. The van der Waals surface area contributed by atoms with E-state index in [1.807, 2.05) is 6.92 Å². The van der Waals surface area contributed by atoms with Gasteiger partial charge in [0, 0.05) is 1.43 Å². The van der Waals surface area contributed by atoms with E-state index < -0.39 is 0 Å². The molecule has 0 atom stereocenters. The van der Waals surface area contributed by atoms with Crippen molar-refractivity contribution in [2.45, 2.75) is 6.92 Å². The molecule has 0 amide bonds. The summed E-state index contributed by atoms with van der Waals surface area (Å²) in [5.41, 5.74) is 1.81. The fourth-order valence-electron chi connectivity index (χ4n) is 0.839. The average Bonchev–Trinajstić information content (AvgIpc) is 2.30. The van der Waals surface area contributed by atoms with E-state index in [0.29, 0.717) is 0 Å². The number of hydrogen-bond donors (Lipinski definition) is 1. The third kappa shape index (κ3) is 2.18. The molecule has 0 unspecified atom stereocenters. The number of imidazole rings is 1. The first-order chi connectivity index (χ1) is 4.77. The summed E-state index contributed by atoms with van der Waals surface area (Å²) in [6.07, 6.45) is 3.44. The lowest BCUT2D eigenvalue weighted by molar-refractivity contribution is 1.14. The molecule has 1 aromatic heterocycles. The quantitative estimate of drug-likeness (QED) is 0.817. The van der Waals surface area contributed by atoms with Gasteiger partial charge in [-0.3, -0.25) is 0 Å². The molecule has 3 heteroatoms. The first kappa shape index (κ1) is 10.4. The Morgan fingerprint density at radius 1 is 1.45 bits per heavy atom. The van der Waals surface area contributed by atoms with Gasteiger partial charge in [-0.1, -0.05) is 13.2 Å². The zero-order valence-corrected chi connectivity index (χ0v) is 8.75. The number of halogens is 1. The van der Waals surface area contributed by atoms with Crippen LogP contribution in [0.25, 0.3) is 12.2 Å². The van der Waals surface area contributed by atoms with Gasteiger partial charge in [-0.05, 0) is 19.1 Å². The van der Waals surface area contributed by atoms with E-state index >= 15 is 0 Å². The van der Waals surface area contributed by atoms with E-state index in [1.165, 1.54) is 0 Å². The number of H-pyrrole nitrogens is 1. The minimum Gasteiger partial charge on any atom is -0.342 e. The van der Waals surface area contributed by atoms with Crippen LogP contribution >= 0.6 is 24.0 Å². The second-order valence-electron chi connectivity index (χ2n) is 2.03. The molecule has 0 aliphatic carbocycles. The van der Waals surface area contributed by atoms with Crippen LogP contribution < -0.4 is 0 Å². The molecule has 0 saturated heterocycles. The zero-order valence-electron chi connectivity index (χ0n) is 6.42. The summed E-state index contributed by atoms with van der Waals surface area (Å²) in [5, 5.41) is 0. The van der Waals surface area contributed by atoms with Crippen molar-refractivity contribution in [1.82, 2.24) is 9.97 Å². The summed E-state index contributed by atoms with van der Waals surface area (Å²) in [6.45, 7) is 9.16. The maximum Gasteiger partial charge on any atom is 0.104 e. The summed E-state index contributed by atoms with van der Waals surface area (Å²) in [5.74, 6) is 0.893. The predicted octanol–water partition coefficient (Wildman–Crippen LogP) is 2.87. The predicted molar refractivity (Wildman–Crippen MR) is 61.0 cm³/mol. The van der Waals surface area contributed by atoms with Gasteiger partial charge >= 0.3 is 0 Å². The maximum atomic E-state index is 4.16. The molecule has 0 aliphatic rings. The van der Waals surface area contributed by atoms with Crippen LogP contribution in [0.1, 0.15) is 18.6 Å². The largest absolute Gasteiger partial charge is 0.342 e. The molecule has 0 saturated carbocycles. The van der Waals surface area contributed by atoms with Crippen molar-refractivity contribution in [3.8, 4) is 0 Å². The Bertz CT molecular complexity index is 243. The van der Waals surface area contributed by atoms with Gasteiger partial charge in [-0.15, -0.1) is 24.0 Å². The van der Waals surface area contributed by atoms with Gasteiger partial charge in [0.25, 0.3) is 0 Å². The molecule has 1 N–H and O–H groups in total. The Morgan fingerprint density at radius 2 is 2.09 bits per heavy atom. The summed E-state index contributed by atoms with van der Waals surface area (Å²) >= 11 is 0. The van der Waals surface area contributed by atoms with Gasteiger partial charge in [0.15, 0.2) is 0 Å². The SMILES string of the molecule is C=Cc1nc(C)[nH]c1C=C.I.[HH]. The molecule has 0 aliphatic heterocycles. The highest BCUT2D eigenvalue weighted by Crippen LogP contribution is 2.07. The van der Waals surface area contributed by atoms with Crippen LogP contribution in [0.15, 0.2) is 13.2 Å². The molecular formula is C8H13IN2. The topological polar surface area (TPSA) is 28.7 Å². The van der Waals surface area contributed by atoms with Crippen molar-refractivity contribution in [1.29, 1.82) is 0 Å². The number of hydrogen-bond acceptors (Lipinski definition) is 1. The summed E-state index contributed by atoms with van der Waals surface area (Å²) in [7, 11) is 0. The number of aromatic amines is 1. The summed E-state index contributed by atoms with van der Waals surface area (Å²) in [4.78, 5) is 7.20. The second-order valence-corrected chi connectivity index (χ2v) is 2.03. The number of rotatable bonds is 2. The highest BCUT2D eigenvalue weighted by molar-refractivity contribution is 14.0. The Labute approximate surface area is 84.9 Å². The van der Waals surface area contributed by atoms with E-state index in [-0.39, 0.29) is 25.4 Å². The first-order valence-corrected chi connectivity index (χ1v) is 3.09. The fourth-order valence-corrected chi connectivity index (χ4v) is 0.839. The molecule has 1 rings (SSSR count). The van der Waals surface area contributed by atoms with Crippen LogP contribution in [-0.2, 0) is 0 Å². The molecule has 0 bridgehead atoms. The highest BCUT2D eigenvalue weighted by Gasteiger charge is 1.98. The van der Waals surface area contributed by atoms with Gasteiger partial charge in [-0.2, -0.15) is 0 Å². The van der Waals surface area contributed by atoms with Crippen molar-refractivity contribution in [2.24, 2.45) is 0 Å². The lowest BCUT2D eigenvalue weighted by atomic mass is 10.3. The minimum absolute atomic E-state index is 0. The van der Waals surface area contributed by atoms with Crippen LogP contribution in [0.4, 0.5) is 0 Å². The number of nitrogens with one attached hydrogen (secondary N) is 1. The van der Waals surface area contributed by atoms with Crippen LogP contribution in [0, 0.1) is 6.92 Å². The van der Waals surface area contributed by atoms with Gasteiger partial charge in [0.2, 0.25) is 0 Å². The van der Waals surface area contributed by atoms with Crippen LogP contribution in [0.2, 0.25) is 0 Å². The van der Waals surface area contributed by atoms with Crippen LogP contribution in [0.3, 0.4) is 0 Å². The standard InChI is InChI=1S/C8H10N2.HI.H2/c1-4-7-8(5-2)10-6(3)9-7;;/h4-5H,1-2H2,3H3,(H,9,10);2*1H. The maximum absolute atomic E-state index is 4.16. The molecule has 1 heterocycles. The average molecular weight is 264 g/mol. The monoisotopic (exact) mass is 264 g/mol. The molecular weight excluding hydrogens is 251 g/mol. The third-order valence-electron chi connectivity index (χ3n) is 1.28. The Hall–Kier alpha value is -0.580. The van der Waals surface area contributed by atoms with Crippen molar-refractivity contribution >= 4 is 36.1 Å². The normalized spacial score (nSPS) is 8.45. The summed E-state index contributed by atoms with van der Waals surface area (Å²) < 4.78 is 0. The molecule has 62 valence electrons. The van der Waals surface area contributed by atoms with Gasteiger partial charge in [-0.25, -0.2) is 4.98 Å². The van der Waals surface area contributed by atoms with Crippen molar-refractivity contribution in [3.05, 3.63) is 30.4 Å². The fraction of sp³-hybridized carbons (Fsp3) is 0.125. The first-order valence-electron chi connectivity index (χ1n) is 3.09. The number of nitrogens with zero attached hydrogens (tertiary/aromatic N) is 1. The van der Waals surface area contributed by atoms with E-state index in [1.54, 1.807) is 12.2 Å². The highest BCUT2D eigenvalue weighted by atomic mass is 127. The lowest BCUT2D eigenvalue weighted by Gasteiger charge is -1.84. The molecule has 1 aromatic rings. The lowest BCUT2D eigenvalue weighted by Crippen LogP contribution is -1.73. The van der Waals surface area contributed by atoms with Crippen molar-refractivity contribution in [3.63, 3.8) is 0 Å². The van der Waals surface area contributed by atoms with Crippen molar-refractivity contribution in [2.75, 3.05) is 0 Å². The number of aryl methyl sites for hydroxylation is 1. The smallest absolute Gasteiger partial charge is 0.104 e. The molecule has 0 spiro atoms. The van der Waals surface area contributed by atoms with Crippen LogP contribution in [-0.4, -0.2) is 9.97 Å². The van der Waals surface area contributed by atoms with E-state index in [2.05, 4.69) is 23.1 Å². The van der Waals surface area contributed by atoms with Crippen LogP contribution in [0.5, 0.6) is 0 Å². The molecule has 0 radical (unpaired) electrons. The Balaban J connectivity index is 0. The summed E-state index contributed by atoms with van der Waals surface area (Å²) in [6, 6.07) is 0. The number of aromatic nitrogens is 2. The Morgan fingerprint density at radius 3 is 2.45 bits per heavy atom. The molecule has 0 fully saturated rings. The molecule has 2 nitrogen and oxygen atoms in total. The van der Waals surface area contributed by atoms with Gasteiger partial charge in [0.05, 0.1) is 11.4 Å². The van der Waals surface area contributed by atoms with Crippen molar-refractivity contribution < 1.29 is 1.43 Å². The third-order valence-corrected chi connectivity index (χ3v) is 1.28. The van der Waals surface area contributed by atoms with Gasteiger partial charge < -0.3 is 4.98 Å². The molecule has 0 aromatic carbocycles. The van der Waals surface area contributed by atoms with Gasteiger partial charge in [0.1, 0.15) is 5.82 Å². The Kier molecular flexibility index (Phi) is 4.10. The molecule has 11 heavy (non-hydrogen) atoms. The zero-order chi connectivity index (χ0) is 7.56. The second kappa shape index (κ2) is 4.33. The van der Waals surface area contributed by atoms with E-state index in [0.717, 1.165) is 17.2 Å². The van der Waals surface area contributed by atoms with E-state index in [9.17, 15) is 0 Å². The van der Waals surface area contributed by atoms with E-state index in [4.69, 9.17) is 0 Å².